The van der Waals surface area contributed by atoms with Gasteiger partial charge in [-0.2, -0.15) is 0 Å². The quantitative estimate of drug-likeness (QED) is 0.686. The molecule has 14 heavy (non-hydrogen) atoms. The Kier molecular flexibility index (Phi) is 3.89. The van der Waals surface area contributed by atoms with Gasteiger partial charge in [-0.25, -0.2) is 0 Å². The van der Waals surface area contributed by atoms with Gasteiger partial charge in [0.15, 0.2) is 12.1 Å². The molecule has 1 rings (SSSR count). The Hall–Kier alpha value is -0.160. The van der Waals surface area contributed by atoms with Crippen LogP contribution >= 0.6 is 0 Å². The summed E-state index contributed by atoms with van der Waals surface area (Å²) >= 11 is 0. The lowest BCUT2D eigenvalue weighted by atomic mass is 9.98. The second kappa shape index (κ2) is 4.57. The molecule has 0 amide bonds. The van der Waals surface area contributed by atoms with Crippen molar-refractivity contribution < 1.29 is 14.2 Å². The van der Waals surface area contributed by atoms with Crippen LogP contribution in [0, 0.1) is 0 Å². The maximum Gasteiger partial charge on any atom is 0.183 e. The molecule has 0 aromatic carbocycles. The second-order valence-corrected chi connectivity index (χ2v) is 4.06. The largest absolute Gasteiger partial charge is 0.356 e. The Morgan fingerprint density at radius 3 is 2.36 bits per heavy atom. The molecule has 1 aliphatic heterocycles. The first kappa shape index (κ1) is 11.9. The molecule has 0 aliphatic carbocycles. The molecule has 0 N–H and O–H groups in total. The molecule has 0 aromatic heterocycles. The molecule has 0 unspecified atom stereocenters. The number of methoxy groups -OCH3 is 2. The van der Waals surface area contributed by atoms with E-state index >= 15 is 0 Å². The van der Waals surface area contributed by atoms with Crippen molar-refractivity contribution in [2.45, 2.75) is 37.9 Å². The van der Waals surface area contributed by atoms with Crippen molar-refractivity contribution in [2.75, 3.05) is 28.3 Å². The first-order valence-corrected chi connectivity index (χ1v) is 4.95. The molecular weight excluding hydrogens is 182 g/mol. The molecule has 1 fully saturated rings. The summed E-state index contributed by atoms with van der Waals surface area (Å²) in [6.45, 7) is 1.96. The third-order valence-electron chi connectivity index (χ3n) is 2.94. The molecule has 1 saturated heterocycles. The topological polar surface area (TPSA) is 30.9 Å². The van der Waals surface area contributed by atoms with Crippen LogP contribution in [-0.4, -0.2) is 51.3 Å². The van der Waals surface area contributed by atoms with Crippen LogP contribution < -0.4 is 0 Å². The molecule has 0 spiro atoms. The van der Waals surface area contributed by atoms with Gasteiger partial charge in [0.25, 0.3) is 0 Å². The summed E-state index contributed by atoms with van der Waals surface area (Å²) in [7, 11) is 7.42. The minimum absolute atomic E-state index is 0.142. The van der Waals surface area contributed by atoms with Crippen molar-refractivity contribution in [1.82, 2.24) is 4.90 Å². The van der Waals surface area contributed by atoms with Crippen molar-refractivity contribution >= 4 is 0 Å². The summed E-state index contributed by atoms with van der Waals surface area (Å²) in [5, 5.41) is 0. The van der Waals surface area contributed by atoms with Gasteiger partial charge in [0.05, 0.1) is 6.04 Å². The standard InChI is InChI=1S/C10H21NO3/c1-10(13-5)8(11(2)3)6-7-9(12-4)14-10/h8-9H,6-7H2,1-5H3/t8-,9+,10+/m1/s1. The van der Waals surface area contributed by atoms with Crippen molar-refractivity contribution in [2.24, 2.45) is 0 Å². The van der Waals surface area contributed by atoms with E-state index in [9.17, 15) is 0 Å². The fourth-order valence-electron chi connectivity index (χ4n) is 2.03. The highest BCUT2D eigenvalue weighted by Crippen LogP contribution is 2.32. The van der Waals surface area contributed by atoms with Crippen molar-refractivity contribution in [3.8, 4) is 0 Å². The summed E-state index contributed by atoms with van der Waals surface area (Å²) < 4.78 is 16.4. The van der Waals surface area contributed by atoms with Crippen LogP contribution in [-0.2, 0) is 14.2 Å². The summed E-state index contributed by atoms with van der Waals surface area (Å²) in [5.74, 6) is -0.567. The Morgan fingerprint density at radius 1 is 1.29 bits per heavy atom. The lowest BCUT2D eigenvalue weighted by Gasteiger charge is -2.45. The van der Waals surface area contributed by atoms with Crippen LogP contribution in [0.5, 0.6) is 0 Å². The highest BCUT2D eigenvalue weighted by molar-refractivity contribution is 4.86. The van der Waals surface area contributed by atoms with E-state index < -0.39 is 5.79 Å². The fourth-order valence-corrected chi connectivity index (χ4v) is 2.03. The van der Waals surface area contributed by atoms with E-state index in [1.807, 2.05) is 21.0 Å². The SMILES string of the molecule is CO[C@@H]1CC[C@@H](N(C)C)[C@@](C)(OC)O1. The van der Waals surface area contributed by atoms with Crippen LogP contribution in [0.3, 0.4) is 0 Å². The first-order valence-electron chi connectivity index (χ1n) is 4.95. The van der Waals surface area contributed by atoms with Gasteiger partial charge >= 0.3 is 0 Å². The molecule has 0 radical (unpaired) electrons. The number of likely N-dealkylation sites (N-methyl/N-ethyl adjacent to an activating group) is 1. The Labute approximate surface area is 86.1 Å². The van der Waals surface area contributed by atoms with E-state index in [1.54, 1.807) is 14.2 Å². The monoisotopic (exact) mass is 203 g/mol. The lowest BCUT2D eigenvalue weighted by molar-refractivity contribution is -0.330. The lowest BCUT2D eigenvalue weighted by Crippen LogP contribution is -2.56. The number of ether oxygens (including phenoxy) is 3. The third kappa shape index (κ3) is 2.25. The molecular formula is C10H21NO3. The summed E-state index contributed by atoms with van der Waals surface area (Å²) in [4.78, 5) is 2.13. The summed E-state index contributed by atoms with van der Waals surface area (Å²) in [5.41, 5.74) is 0. The molecule has 84 valence electrons. The van der Waals surface area contributed by atoms with E-state index in [1.165, 1.54) is 0 Å². The molecule has 0 bridgehead atoms. The Balaban J connectivity index is 2.71. The number of rotatable bonds is 3. The van der Waals surface area contributed by atoms with Crippen LogP contribution in [0.25, 0.3) is 0 Å². The number of nitrogens with zero attached hydrogens (tertiary/aromatic N) is 1. The van der Waals surface area contributed by atoms with E-state index in [0.717, 1.165) is 12.8 Å². The van der Waals surface area contributed by atoms with Crippen LogP contribution in [0.2, 0.25) is 0 Å². The summed E-state index contributed by atoms with van der Waals surface area (Å²) in [6.07, 6.45) is 1.80. The van der Waals surface area contributed by atoms with E-state index in [0.29, 0.717) is 0 Å². The Bertz CT molecular complexity index is 186. The van der Waals surface area contributed by atoms with Gasteiger partial charge in [0, 0.05) is 20.6 Å². The van der Waals surface area contributed by atoms with Gasteiger partial charge in [-0.15, -0.1) is 0 Å². The predicted octanol–water partition coefficient (Wildman–Crippen LogP) is 1.06. The molecule has 4 heteroatoms. The minimum atomic E-state index is -0.567. The second-order valence-electron chi connectivity index (χ2n) is 4.06. The Morgan fingerprint density at radius 2 is 1.93 bits per heavy atom. The van der Waals surface area contributed by atoms with Crippen LogP contribution in [0.15, 0.2) is 0 Å². The molecule has 0 aromatic rings. The first-order chi connectivity index (χ1) is 6.53. The van der Waals surface area contributed by atoms with Gasteiger partial charge in [0.1, 0.15) is 0 Å². The highest BCUT2D eigenvalue weighted by atomic mass is 16.8. The van der Waals surface area contributed by atoms with E-state index in [2.05, 4.69) is 4.90 Å². The maximum absolute atomic E-state index is 5.76. The average molecular weight is 203 g/mol. The zero-order valence-electron chi connectivity index (χ0n) is 9.74. The van der Waals surface area contributed by atoms with Gasteiger partial charge in [-0.3, -0.25) is 0 Å². The van der Waals surface area contributed by atoms with Crippen LogP contribution in [0.4, 0.5) is 0 Å². The van der Waals surface area contributed by atoms with Gasteiger partial charge < -0.3 is 19.1 Å². The molecule has 4 nitrogen and oxygen atoms in total. The van der Waals surface area contributed by atoms with E-state index in [4.69, 9.17) is 14.2 Å². The predicted molar refractivity (Wildman–Crippen MR) is 54.0 cm³/mol. The third-order valence-corrected chi connectivity index (χ3v) is 2.94. The van der Waals surface area contributed by atoms with E-state index in [-0.39, 0.29) is 12.3 Å². The van der Waals surface area contributed by atoms with Gasteiger partial charge in [0.2, 0.25) is 0 Å². The van der Waals surface area contributed by atoms with Crippen molar-refractivity contribution in [3.63, 3.8) is 0 Å². The summed E-state index contributed by atoms with van der Waals surface area (Å²) in [6, 6.07) is 0.277. The molecule has 0 saturated carbocycles. The zero-order chi connectivity index (χ0) is 10.8. The highest BCUT2D eigenvalue weighted by Gasteiger charge is 2.43. The minimum Gasteiger partial charge on any atom is -0.356 e. The molecule has 1 heterocycles. The fraction of sp³-hybridized carbons (Fsp3) is 1.00. The smallest absolute Gasteiger partial charge is 0.183 e. The molecule has 1 aliphatic rings. The van der Waals surface area contributed by atoms with Gasteiger partial charge in [-0.1, -0.05) is 0 Å². The normalized spacial score (nSPS) is 39.0. The maximum atomic E-state index is 5.76. The van der Waals surface area contributed by atoms with Crippen molar-refractivity contribution in [3.05, 3.63) is 0 Å². The van der Waals surface area contributed by atoms with Crippen LogP contribution in [0.1, 0.15) is 19.8 Å². The zero-order valence-corrected chi connectivity index (χ0v) is 9.74. The number of hydrogen-bond acceptors (Lipinski definition) is 4. The average Bonchev–Trinajstić information content (AvgIpc) is 2.17. The van der Waals surface area contributed by atoms with Gasteiger partial charge in [-0.05, 0) is 27.4 Å². The molecule has 3 atom stereocenters. The van der Waals surface area contributed by atoms with Crippen molar-refractivity contribution in [1.29, 1.82) is 0 Å². The number of hydrogen-bond donors (Lipinski definition) is 0.